The number of amides is 1. The van der Waals surface area contributed by atoms with Crippen LogP contribution in [0.25, 0.3) is 22.1 Å². The highest BCUT2D eigenvalue weighted by Crippen LogP contribution is 2.27. The molecule has 136 valence electrons. The molecular weight excluding hydrogens is 340 g/mol. The van der Waals surface area contributed by atoms with E-state index in [9.17, 15) is 4.79 Å². The van der Waals surface area contributed by atoms with E-state index in [1.807, 2.05) is 31.2 Å². The first-order valence-electron chi connectivity index (χ1n) is 8.86. The van der Waals surface area contributed by atoms with Crippen LogP contribution in [0.3, 0.4) is 0 Å². The van der Waals surface area contributed by atoms with Crippen molar-refractivity contribution in [1.82, 2.24) is 30.0 Å². The predicted octanol–water partition coefficient (Wildman–Crippen LogP) is 3.19. The van der Waals surface area contributed by atoms with E-state index >= 15 is 0 Å². The molecule has 0 unspecified atom stereocenters. The Balaban J connectivity index is 1.74. The first-order valence-corrected chi connectivity index (χ1v) is 8.86. The van der Waals surface area contributed by atoms with E-state index in [0.29, 0.717) is 17.8 Å². The molecule has 0 atom stereocenters. The third-order valence-electron chi connectivity index (χ3n) is 4.53. The molecule has 7 nitrogen and oxygen atoms in total. The van der Waals surface area contributed by atoms with Crippen molar-refractivity contribution in [3.63, 3.8) is 0 Å². The van der Waals surface area contributed by atoms with Gasteiger partial charge in [-0.3, -0.25) is 9.78 Å². The van der Waals surface area contributed by atoms with Crippen molar-refractivity contribution in [3.8, 4) is 0 Å². The molecule has 0 spiro atoms. The van der Waals surface area contributed by atoms with E-state index in [4.69, 9.17) is 0 Å². The lowest BCUT2D eigenvalue weighted by Crippen LogP contribution is -2.22. The standard InChI is InChI=1S/C20H20N6O/c1-12(2)26-13(3)23-19-18(26)16-9-15(6-7-17(16)24-25-19)20(27)22-11-14-5-4-8-21-10-14/h4-10,12H,11H2,1-3H3,(H,22,27). The Morgan fingerprint density at radius 2 is 2.07 bits per heavy atom. The zero-order valence-electron chi connectivity index (χ0n) is 15.5. The summed E-state index contributed by atoms with van der Waals surface area (Å²) in [5.41, 5.74) is 3.78. The minimum atomic E-state index is -0.141. The number of nitrogens with one attached hydrogen (secondary N) is 1. The summed E-state index contributed by atoms with van der Waals surface area (Å²) < 4.78 is 2.13. The second-order valence-corrected chi connectivity index (χ2v) is 6.77. The fourth-order valence-corrected chi connectivity index (χ4v) is 3.32. The summed E-state index contributed by atoms with van der Waals surface area (Å²) in [6, 6.07) is 9.47. The Bertz CT molecular complexity index is 1130. The molecule has 7 heteroatoms. The molecule has 3 aromatic heterocycles. The average Bonchev–Trinajstić information content (AvgIpc) is 3.03. The maximum atomic E-state index is 12.6. The Morgan fingerprint density at radius 3 is 2.81 bits per heavy atom. The topological polar surface area (TPSA) is 85.6 Å². The molecule has 1 N–H and O–H groups in total. The summed E-state index contributed by atoms with van der Waals surface area (Å²) in [4.78, 5) is 21.2. The molecule has 0 aliphatic carbocycles. The number of aromatic nitrogens is 5. The molecule has 4 rings (SSSR count). The van der Waals surface area contributed by atoms with E-state index in [1.54, 1.807) is 18.5 Å². The van der Waals surface area contributed by atoms with Gasteiger partial charge in [0.25, 0.3) is 5.91 Å². The van der Waals surface area contributed by atoms with Crippen LogP contribution in [0.1, 0.15) is 41.6 Å². The number of pyridine rings is 1. The van der Waals surface area contributed by atoms with Gasteiger partial charge in [-0.05, 0) is 50.6 Å². The number of aryl methyl sites for hydroxylation is 1. The number of hydrogen-bond acceptors (Lipinski definition) is 5. The molecule has 0 bridgehead atoms. The smallest absolute Gasteiger partial charge is 0.251 e. The third-order valence-corrected chi connectivity index (χ3v) is 4.53. The fraction of sp³-hybridized carbons (Fsp3) is 0.250. The molecule has 4 aromatic rings. The summed E-state index contributed by atoms with van der Waals surface area (Å²) in [5.74, 6) is 0.742. The van der Waals surface area contributed by atoms with Gasteiger partial charge in [-0.15, -0.1) is 10.2 Å². The lowest BCUT2D eigenvalue weighted by Gasteiger charge is -2.12. The highest BCUT2D eigenvalue weighted by atomic mass is 16.1. The zero-order chi connectivity index (χ0) is 19.0. The summed E-state index contributed by atoms with van der Waals surface area (Å²) in [6.07, 6.45) is 3.45. The van der Waals surface area contributed by atoms with Crippen molar-refractivity contribution in [2.75, 3.05) is 0 Å². The van der Waals surface area contributed by atoms with Gasteiger partial charge in [0.15, 0.2) is 0 Å². The maximum Gasteiger partial charge on any atom is 0.251 e. The molecule has 27 heavy (non-hydrogen) atoms. The molecular formula is C20H20N6O. The van der Waals surface area contributed by atoms with E-state index < -0.39 is 0 Å². The van der Waals surface area contributed by atoms with Crippen molar-refractivity contribution in [3.05, 3.63) is 59.7 Å². The first kappa shape index (κ1) is 17.1. The summed E-state index contributed by atoms with van der Waals surface area (Å²) in [6.45, 7) is 6.59. The predicted molar refractivity (Wildman–Crippen MR) is 103 cm³/mol. The lowest BCUT2D eigenvalue weighted by atomic mass is 10.1. The molecule has 0 saturated heterocycles. The van der Waals surface area contributed by atoms with Gasteiger partial charge >= 0.3 is 0 Å². The lowest BCUT2D eigenvalue weighted by molar-refractivity contribution is 0.0951. The van der Waals surface area contributed by atoms with Crippen molar-refractivity contribution < 1.29 is 4.79 Å². The second-order valence-electron chi connectivity index (χ2n) is 6.77. The van der Waals surface area contributed by atoms with Crippen LogP contribution in [0.4, 0.5) is 0 Å². The van der Waals surface area contributed by atoms with Crippen LogP contribution in [0.5, 0.6) is 0 Å². The Kier molecular flexibility index (Phi) is 4.27. The minimum absolute atomic E-state index is 0.141. The molecule has 1 amide bonds. The van der Waals surface area contributed by atoms with Crippen LogP contribution < -0.4 is 5.32 Å². The summed E-state index contributed by atoms with van der Waals surface area (Å²) in [5, 5.41) is 12.3. The van der Waals surface area contributed by atoms with Crippen LogP contribution in [0.15, 0.2) is 42.7 Å². The van der Waals surface area contributed by atoms with Gasteiger partial charge in [-0.2, -0.15) is 0 Å². The zero-order valence-corrected chi connectivity index (χ0v) is 15.5. The molecule has 0 aliphatic rings. The van der Waals surface area contributed by atoms with Gasteiger partial charge in [-0.1, -0.05) is 6.07 Å². The highest BCUT2D eigenvalue weighted by molar-refractivity contribution is 6.05. The van der Waals surface area contributed by atoms with Crippen LogP contribution in [-0.2, 0) is 6.54 Å². The van der Waals surface area contributed by atoms with Gasteiger partial charge in [0.1, 0.15) is 5.82 Å². The van der Waals surface area contributed by atoms with Crippen molar-refractivity contribution in [2.45, 2.75) is 33.4 Å². The number of imidazole rings is 1. The van der Waals surface area contributed by atoms with E-state index in [1.165, 1.54) is 0 Å². The Morgan fingerprint density at radius 1 is 1.22 bits per heavy atom. The first-order chi connectivity index (χ1) is 13.0. The quantitative estimate of drug-likeness (QED) is 0.604. The van der Waals surface area contributed by atoms with E-state index in [2.05, 4.69) is 43.9 Å². The summed E-state index contributed by atoms with van der Waals surface area (Å²) in [7, 11) is 0. The van der Waals surface area contributed by atoms with Crippen molar-refractivity contribution >= 4 is 28.0 Å². The fourth-order valence-electron chi connectivity index (χ4n) is 3.32. The second kappa shape index (κ2) is 6.75. The third kappa shape index (κ3) is 3.12. The van der Waals surface area contributed by atoms with Crippen molar-refractivity contribution in [2.24, 2.45) is 0 Å². The average molecular weight is 360 g/mol. The van der Waals surface area contributed by atoms with E-state index in [-0.39, 0.29) is 11.9 Å². The SMILES string of the molecule is Cc1nc2nnc3ccc(C(=O)NCc4cccnc4)cc3c2n1C(C)C. The molecule has 0 saturated carbocycles. The van der Waals surface area contributed by atoms with Crippen LogP contribution in [0.2, 0.25) is 0 Å². The highest BCUT2D eigenvalue weighted by Gasteiger charge is 2.16. The van der Waals surface area contributed by atoms with Crippen LogP contribution in [-0.4, -0.2) is 30.6 Å². The number of hydrogen-bond donors (Lipinski definition) is 1. The van der Waals surface area contributed by atoms with Gasteiger partial charge in [0, 0.05) is 35.9 Å². The Hall–Kier alpha value is -3.35. The Labute approximate surface area is 156 Å². The summed E-state index contributed by atoms with van der Waals surface area (Å²) >= 11 is 0. The number of rotatable bonds is 4. The molecule has 0 aliphatic heterocycles. The number of carbonyl (C=O) groups excluding carboxylic acids is 1. The number of benzene rings is 1. The minimum Gasteiger partial charge on any atom is -0.348 e. The van der Waals surface area contributed by atoms with Crippen molar-refractivity contribution in [1.29, 1.82) is 0 Å². The van der Waals surface area contributed by atoms with E-state index in [0.717, 1.165) is 27.8 Å². The number of fused-ring (bicyclic) bond motifs is 3. The number of carbonyl (C=O) groups is 1. The van der Waals surface area contributed by atoms with Crippen LogP contribution in [0, 0.1) is 6.92 Å². The molecule has 1 aromatic carbocycles. The van der Waals surface area contributed by atoms with Gasteiger partial charge in [-0.25, -0.2) is 4.98 Å². The van der Waals surface area contributed by atoms with Gasteiger partial charge < -0.3 is 9.88 Å². The van der Waals surface area contributed by atoms with Crippen LogP contribution >= 0.6 is 0 Å². The monoisotopic (exact) mass is 360 g/mol. The number of nitrogens with zero attached hydrogens (tertiary/aromatic N) is 5. The molecule has 0 radical (unpaired) electrons. The maximum absolute atomic E-state index is 12.6. The van der Waals surface area contributed by atoms with Gasteiger partial charge in [0.2, 0.25) is 5.65 Å². The largest absolute Gasteiger partial charge is 0.348 e. The molecule has 0 fully saturated rings. The van der Waals surface area contributed by atoms with Gasteiger partial charge in [0.05, 0.1) is 11.0 Å². The normalized spacial score (nSPS) is 11.4. The molecule has 3 heterocycles.